The lowest BCUT2D eigenvalue weighted by atomic mass is 9.64. The second-order valence-electron chi connectivity index (χ2n) is 5.09. The van der Waals surface area contributed by atoms with Crippen LogP contribution in [0.3, 0.4) is 0 Å². The van der Waals surface area contributed by atoms with E-state index in [9.17, 15) is 15.3 Å². The summed E-state index contributed by atoms with van der Waals surface area (Å²) in [6.07, 6.45) is 6.35. The Balaban J connectivity index is 5.92. The van der Waals surface area contributed by atoms with Gasteiger partial charge in [-0.3, -0.25) is 0 Å². The van der Waals surface area contributed by atoms with Crippen LogP contribution >= 0.6 is 0 Å². The van der Waals surface area contributed by atoms with Crippen molar-refractivity contribution in [2.45, 2.75) is 31.0 Å². The van der Waals surface area contributed by atoms with Crippen LogP contribution in [0.25, 0.3) is 0 Å². The third-order valence-corrected chi connectivity index (χ3v) is 3.93. The van der Waals surface area contributed by atoms with Crippen molar-refractivity contribution in [1.29, 1.82) is 0 Å². The lowest BCUT2D eigenvalue weighted by molar-refractivity contribution is -0.202. The van der Waals surface area contributed by atoms with Crippen molar-refractivity contribution in [3.8, 4) is 0 Å². The third-order valence-electron chi connectivity index (χ3n) is 3.93. The Morgan fingerprint density at radius 3 is 1.76 bits per heavy atom. The molecule has 0 fully saturated rings. The maximum absolute atomic E-state index is 10.5. The Morgan fingerprint density at radius 1 is 0.905 bits per heavy atom. The van der Waals surface area contributed by atoms with Gasteiger partial charge in [-0.25, -0.2) is 0 Å². The van der Waals surface area contributed by atoms with E-state index >= 15 is 0 Å². The molecule has 0 amide bonds. The molecule has 0 saturated heterocycles. The zero-order chi connectivity index (χ0) is 16.4. The quantitative estimate of drug-likeness (QED) is 0.455. The number of hydrogen-bond acceptors (Lipinski definition) is 4. The molecule has 0 radical (unpaired) electrons. The van der Waals surface area contributed by atoms with E-state index in [1.165, 1.54) is 0 Å². The molecule has 0 aliphatic carbocycles. The van der Waals surface area contributed by atoms with Gasteiger partial charge in [-0.05, 0) is 19.3 Å². The molecule has 0 aliphatic heterocycles. The molecule has 0 spiro atoms. The minimum absolute atomic E-state index is 0.226. The zero-order valence-corrected chi connectivity index (χ0v) is 12.7. The Hall–Kier alpha value is -1.20. The summed E-state index contributed by atoms with van der Waals surface area (Å²) in [5, 5.41) is 30.3. The largest absolute Gasteiger partial charge is 0.395 e. The van der Waals surface area contributed by atoms with Crippen LogP contribution in [0.2, 0.25) is 0 Å². The van der Waals surface area contributed by atoms with Gasteiger partial charge in [0.25, 0.3) is 0 Å². The van der Waals surface area contributed by atoms with Crippen LogP contribution in [-0.4, -0.2) is 46.8 Å². The molecule has 0 saturated carbocycles. The van der Waals surface area contributed by atoms with E-state index in [-0.39, 0.29) is 13.0 Å². The van der Waals surface area contributed by atoms with Crippen LogP contribution in [0.5, 0.6) is 0 Å². The van der Waals surface area contributed by atoms with Gasteiger partial charge in [-0.15, -0.1) is 26.3 Å². The van der Waals surface area contributed by atoms with Crippen LogP contribution in [-0.2, 0) is 4.74 Å². The Labute approximate surface area is 127 Å². The molecule has 0 aliphatic rings. The van der Waals surface area contributed by atoms with Crippen molar-refractivity contribution in [3.63, 3.8) is 0 Å². The highest BCUT2D eigenvalue weighted by molar-refractivity contribution is 5.10. The molecule has 1 atom stereocenters. The van der Waals surface area contributed by atoms with Crippen molar-refractivity contribution in [2.75, 3.05) is 19.8 Å². The second-order valence-corrected chi connectivity index (χ2v) is 5.09. The maximum Gasteiger partial charge on any atom is 0.0880 e. The molecular formula is C17H28O4. The molecule has 21 heavy (non-hydrogen) atoms. The number of hydrogen-bond donors (Lipinski definition) is 3. The molecule has 0 heterocycles. The van der Waals surface area contributed by atoms with Crippen molar-refractivity contribution in [3.05, 3.63) is 50.6 Å². The first kappa shape index (κ1) is 19.8. The van der Waals surface area contributed by atoms with E-state index < -0.39 is 30.3 Å². The van der Waals surface area contributed by atoms with Gasteiger partial charge in [0.05, 0.1) is 36.9 Å². The van der Waals surface area contributed by atoms with E-state index in [0.29, 0.717) is 12.8 Å². The Bertz CT molecular complexity index is 335. The van der Waals surface area contributed by atoms with E-state index in [0.717, 1.165) is 0 Å². The average Bonchev–Trinajstić information content (AvgIpc) is 2.47. The summed E-state index contributed by atoms with van der Waals surface area (Å²) in [5.74, 6) is 0. The van der Waals surface area contributed by atoms with Gasteiger partial charge in [-0.1, -0.05) is 24.3 Å². The molecule has 4 heteroatoms. The summed E-state index contributed by atoms with van der Waals surface area (Å²) in [7, 11) is 0. The van der Waals surface area contributed by atoms with Gasteiger partial charge < -0.3 is 20.1 Å². The highest BCUT2D eigenvalue weighted by Crippen LogP contribution is 2.44. The van der Waals surface area contributed by atoms with Crippen LogP contribution < -0.4 is 0 Å². The molecule has 0 bridgehead atoms. The van der Waals surface area contributed by atoms with E-state index in [1.54, 1.807) is 24.3 Å². The first-order valence-electron chi connectivity index (χ1n) is 7.01. The zero-order valence-electron chi connectivity index (χ0n) is 12.7. The van der Waals surface area contributed by atoms with Gasteiger partial charge in [0.15, 0.2) is 0 Å². The molecule has 4 nitrogen and oxygen atoms in total. The lowest BCUT2D eigenvalue weighted by Gasteiger charge is -2.50. The highest BCUT2D eigenvalue weighted by Gasteiger charge is 2.54. The van der Waals surface area contributed by atoms with Crippen LogP contribution in [0.4, 0.5) is 0 Å². The van der Waals surface area contributed by atoms with Gasteiger partial charge in [0.2, 0.25) is 0 Å². The number of rotatable bonds is 13. The molecule has 120 valence electrons. The molecule has 0 aromatic heterocycles. The van der Waals surface area contributed by atoms with Gasteiger partial charge >= 0.3 is 0 Å². The predicted molar refractivity (Wildman–Crippen MR) is 85.9 cm³/mol. The summed E-state index contributed by atoms with van der Waals surface area (Å²) < 4.78 is 5.90. The normalized spacial score (nSPS) is 13.5. The Kier molecular flexibility index (Phi) is 9.13. The monoisotopic (exact) mass is 296 g/mol. The van der Waals surface area contributed by atoms with E-state index in [4.69, 9.17) is 4.74 Å². The average molecular weight is 296 g/mol. The van der Waals surface area contributed by atoms with E-state index in [1.807, 2.05) is 0 Å². The Morgan fingerprint density at radius 2 is 1.43 bits per heavy atom. The first-order chi connectivity index (χ1) is 10.0. The van der Waals surface area contributed by atoms with Gasteiger partial charge in [-0.2, -0.15) is 0 Å². The van der Waals surface area contributed by atoms with Gasteiger partial charge in [0, 0.05) is 0 Å². The third kappa shape index (κ3) is 4.14. The fourth-order valence-corrected chi connectivity index (χ4v) is 2.67. The number of ether oxygens (including phenoxy) is 1. The molecule has 0 aromatic carbocycles. The summed E-state index contributed by atoms with van der Waals surface area (Å²) >= 11 is 0. The molecule has 1 unspecified atom stereocenters. The van der Waals surface area contributed by atoms with Crippen molar-refractivity contribution >= 4 is 0 Å². The molecule has 0 rings (SSSR count). The summed E-state index contributed by atoms with van der Waals surface area (Å²) in [6, 6.07) is 0. The van der Waals surface area contributed by atoms with Gasteiger partial charge in [0.1, 0.15) is 0 Å². The van der Waals surface area contributed by atoms with Crippen LogP contribution in [0.15, 0.2) is 50.6 Å². The second kappa shape index (κ2) is 9.68. The first-order valence-corrected chi connectivity index (χ1v) is 7.01. The highest BCUT2D eigenvalue weighted by atomic mass is 16.5. The van der Waals surface area contributed by atoms with Crippen molar-refractivity contribution in [1.82, 2.24) is 0 Å². The fourth-order valence-electron chi connectivity index (χ4n) is 2.67. The SMILES string of the molecule is C=CCOC(CC=C)(CC=C)C(CO)(CO)C(O)CC=C. The topological polar surface area (TPSA) is 69.9 Å². The minimum atomic E-state index is -1.26. The molecule has 3 N–H and O–H groups in total. The molecular weight excluding hydrogens is 268 g/mol. The van der Waals surface area contributed by atoms with Crippen molar-refractivity contribution < 1.29 is 20.1 Å². The fraction of sp³-hybridized carbons (Fsp3) is 0.529. The summed E-state index contributed by atoms with van der Waals surface area (Å²) in [6.45, 7) is 14.0. The van der Waals surface area contributed by atoms with Crippen LogP contribution in [0, 0.1) is 5.41 Å². The number of aliphatic hydroxyl groups is 3. The standard InChI is InChI=1S/C17H28O4/c1-5-9-15(20)16(13-18,14-19)17(10-6-2,11-7-3)21-12-8-4/h5-8,15,18-20H,1-4,9-14H2. The number of aliphatic hydroxyl groups excluding tert-OH is 3. The predicted octanol–water partition coefficient (Wildman–Crippen LogP) is 1.99. The maximum atomic E-state index is 10.5. The van der Waals surface area contributed by atoms with E-state index in [2.05, 4.69) is 26.3 Å². The van der Waals surface area contributed by atoms with Crippen LogP contribution in [0.1, 0.15) is 19.3 Å². The molecule has 0 aromatic rings. The summed E-state index contributed by atoms with van der Waals surface area (Å²) in [5.41, 5.74) is -2.27. The van der Waals surface area contributed by atoms with Crippen molar-refractivity contribution in [2.24, 2.45) is 5.41 Å². The minimum Gasteiger partial charge on any atom is -0.395 e. The summed E-state index contributed by atoms with van der Waals surface area (Å²) in [4.78, 5) is 0. The lowest BCUT2D eigenvalue weighted by Crippen LogP contribution is -2.60. The smallest absolute Gasteiger partial charge is 0.0880 e.